The van der Waals surface area contributed by atoms with E-state index in [1.54, 1.807) is 18.2 Å². The summed E-state index contributed by atoms with van der Waals surface area (Å²) in [6, 6.07) is 21.0. The monoisotopic (exact) mass is 445 g/mol. The van der Waals surface area contributed by atoms with E-state index < -0.39 is 18.3 Å². The van der Waals surface area contributed by atoms with Crippen molar-refractivity contribution < 1.29 is 24.2 Å². The number of nitrogens with zero attached hydrogens (tertiary/aromatic N) is 1. The summed E-state index contributed by atoms with van der Waals surface area (Å²) >= 11 is 0. The number of fused-ring (bicyclic) bond motifs is 4. The second kappa shape index (κ2) is 8.57. The van der Waals surface area contributed by atoms with Gasteiger partial charge in [0.15, 0.2) is 5.58 Å². The van der Waals surface area contributed by atoms with Crippen LogP contribution in [0.5, 0.6) is 0 Å². The minimum absolute atomic E-state index is 0.0223. The number of benzene rings is 3. The number of amides is 1. The molecule has 4 aromatic rings. The molecule has 5 rings (SSSR count). The molecule has 3 aromatic carbocycles. The number of nitrogens with two attached hydrogens (primary N) is 1. The van der Waals surface area contributed by atoms with Gasteiger partial charge in [0.1, 0.15) is 24.3 Å². The van der Waals surface area contributed by atoms with Crippen molar-refractivity contribution >= 4 is 23.2 Å². The number of anilines is 1. The van der Waals surface area contributed by atoms with Crippen LogP contribution in [0.4, 0.5) is 10.8 Å². The standard InChI is InChI=1S/C25H23N3O5/c26-24-28-20-11-14(9-10-22(20)33-24)23(30)21(29)12-27-25(31)32-13-19-17-7-3-1-5-15(17)16-6-2-4-8-18(16)19/h1-11,19,21,23,29-30H,12-13H2,(H2,26,28)(H,27,31). The van der Waals surface area contributed by atoms with Crippen LogP contribution in [-0.2, 0) is 4.74 Å². The van der Waals surface area contributed by atoms with Gasteiger partial charge in [-0.05, 0) is 39.9 Å². The summed E-state index contributed by atoms with van der Waals surface area (Å²) in [7, 11) is 0. The van der Waals surface area contributed by atoms with Gasteiger partial charge >= 0.3 is 6.09 Å². The minimum atomic E-state index is -1.24. The van der Waals surface area contributed by atoms with Crippen molar-refractivity contribution in [2.45, 2.75) is 18.1 Å². The maximum Gasteiger partial charge on any atom is 0.407 e. The largest absolute Gasteiger partial charge is 0.449 e. The van der Waals surface area contributed by atoms with Crippen LogP contribution in [0.3, 0.4) is 0 Å². The highest BCUT2D eigenvalue weighted by Crippen LogP contribution is 2.44. The number of alkyl carbamates (subject to hydrolysis) is 1. The van der Waals surface area contributed by atoms with Gasteiger partial charge in [0, 0.05) is 12.5 Å². The Hall–Kier alpha value is -3.88. The summed E-state index contributed by atoms with van der Waals surface area (Å²) in [6.45, 7) is -0.0143. The molecule has 0 saturated heterocycles. The second-order valence-corrected chi connectivity index (χ2v) is 8.00. The van der Waals surface area contributed by atoms with E-state index in [-0.39, 0.29) is 25.1 Å². The van der Waals surface area contributed by atoms with Gasteiger partial charge in [0.05, 0.1) is 0 Å². The quantitative estimate of drug-likeness (QED) is 0.358. The molecule has 8 heteroatoms. The molecular formula is C25H23N3O5. The smallest absolute Gasteiger partial charge is 0.407 e. The summed E-state index contributed by atoms with van der Waals surface area (Å²) in [5, 5.41) is 23.3. The van der Waals surface area contributed by atoms with E-state index in [1.807, 2.05) is 36.4 Å². The highest BCUT2D eigenvalue weighted by atomic mass is 16.5. The van der Waals surface area contributed by atoms with Crippen molar-refractivity contribution in [3.63, 3.8) is 0 Å². The molecule has 1 amide bonds. The van der Waals surface area contributed by atoms with Crippen molar-refractivity contribution in [1.29, 1.82) is 0 Å². The van der Waals surface area contributed by atoms with E-state index in [9.17, 15) is 15.0 Å². The molecule has 0 spiro atoms. The summed E-state index contributed by atoms with van der Waals surface area (Å²) in [4.78, 5) is 16.3. The molecule has 8 nitrogen and oxygen atoms in total. The molecule has 1 heterocycles. The number of aliphatic hydroxyl groups is 2. The van der Waals surface area contributed by atoms with Gasteiger partial charge < -0.3 is 30.4 Å². The number of oxazole rings is 1. The van der Waals surface area contributed by atoms with Crippen LogP contribution >= 0.6 is 0 Å². The van der Waals surface area contributed by atoms with Gasteiger partial charge in [0.2, 0.25) is 0 Å². The number of hydrogen-bond donors (Lipinski definition) is 4. The molecule has 5 N–H and O–H groups in total. The maximum atomic E-state index is 12.3. The fraction of sp³-hybridized carbons (Fsp3) is 0.200. The number of rotatable bonds is 6. The topological polar surface area (TPSA) is 131 Å². The van der Waals surface area contributed by atoms with Crippen LogP contribution in [0.15, 0.2) is 71.1 Å². The third-order valence-corrected chi connectivity index (χ3v) is 5.93. The predicted octanol–water partition coefficient (Wildman–Crippen LogP) is 3.34. The average Bonchev–Trinajstić information content (AvgIpc) is 3.37. The fourth-order valence-electron chi connectivity index (χ4n) is 4.32. The molecule has 1 aliphatic carbocycles. The molecule has 1 aliphatic rings. The number of aliphatic hydroxyl groups excluding tert-OH is 2. The second-order valence-electron chi connectivity index (χ2n) is 8.00. The lowest BCUT2D eigenvalue weighted by Crippen LogP contribution is -2.36. The Morgan fingerprint density at radius 2 is 1.73 bits per heavy atom. The highest BCUT2D eigenvalue weighted by Gasteiger charge is 2.29. The number of aromatic nitrogens is 1. The molecule has 0 fully saturated rings. The van der Waals surface area contributed by atoms with Crippen LogP contribution in [0.1, 0.15) is 28.7 Å². The van der Waals surface area contributed by atoms with Gasteiger partial charge in [-0.1, -0.05) is 54.6 Å². The molecule has 33 heavy (non-hydrogen) atoms. The Kier molecular flexibility index (Phi) is 5.45. The van der Waals surface area contributed by atoms with E-state index in [4.69, 9.17) is 14.9 Å². The Bertz CT molecular complexity index is 1270. The van der Waals surface area contributed by atoms with E-state index in [1.165, 1.54) is 0 Å². The van der Waals surface area contributed by atoms with Gasteiger partial charge in [-0.3, -0.25) is 0 Å². The van der Waals surface area contributed by atoms with Crippen LogP contribution in [-0.4, -0.2) is 40.5 Å². The van der Waals surface area contributed by atoms with Crippen LogP contribution in [0.2, 0.25) is 0 Å². The van der Waals surface area contributed by atoms with Crippen LogP contribution in [0.25, 0.3) is 22.2 Å². The van der Waals surface area contributed by atoms with Gasteiger partial charge in [0.25, 0.3) is 6.01 Å². The first-order valence-electron chi connectivity index (χ1n) is 10.6. The lowest BCUT2D eigenvalue weighted by Gasteiger charge is -2.19. The molecule has 2 unspecified atom stereocenters. The predicted molar refractivity (Wildman–Crippen MR) is 122 cm³/mol. The number of nitrogen functional groups attached to an aromatic ring is 1. The van der Waals surface area contributed by atoms with Crippen LogP contribution < -0.4 is 11.1 Å². The average molecular weight is 445 g/mol. The zero-order valence-corrected chi connectivity index (χ0v) is 17.6. The lowest BCUT2D eigenvalue weighted by atomic mass is 9.98. The number of nitrogens with one attached hydrogen (secondary N) is 1. The molecular weight excluding hydrogens is 422 g/mol. The van der Waals surface area contributed by atoms with Gasteiger partial charge in [-0.2, -0.15) is 4.98 Å². The van der Waals surface area contributed by atoms with Crippen LogP contribution in [0, 0.1) is 0 Å². The molecule has 0 saturated carbocycles. The van der Waals surface area contributed by atoms with Crippen molar-refractivity contribution in [2.24, 2.45) is 0 Å². The Balaban J connectivity index is 1.18. The first-order valence-corrected chi connectivity index (χ1v) is 10.6. The molecule has 0 aliphatic heterocycles. The molecule has 0 bridgehead atoms. The summed E-state index contributed by atoms with van der Waals surface area (Å²) in [6.07, 6.45) is -3.14. The summed E-state index contributed by atoms with van der Waals surface area (Å²) in [5.74, 6) is -0.0553. The number of hydrogen-bond acceptors (Lipinski definition) is 7. The van der Waals surface area contributed by atoms with E-state index in [0.717, 1.165) is 22.3 Å². The third kappa shape index (κ3) is 4.02. The first-order chi connectivity index (χ1) is 16.0. The summed E-state index contributed by atoms with van der Waals surface area (Å²) in [5.41, 5.74) is 11.4. The minimum Gasteiger partial charge on any atom is -0.449 e. The van der Waals surface area contributed by atoms with Gasteiger partial charge in [-0.15, -0.1) is 0 Å². The fourth-order valence-corrected chi connectivity index (χ4v) is 4.32. The number of carbonyl (C=O) groups excluding carboxylic acids is 1. The Morgan fingerprint density at radius 1 is 1.06 bits per heavy atom. The van der Waals surface area contributed by atoms with Crippen molar-refractivity contribution in [3.05, 3.63) is 83.4 Å². The van der Waals surface area contributed by atoms with Crippen molar-refractivity contribution in [2.75, 3.05) is 18.9 Å². The molecule has 2 atom stereocenters. The third-order valence-electron chi connectivity index (χ3n) is 5.93. The lowest BCUT2D eigenvalue weighted by molar-refractivity contribution is 0.0186. The Labute approximate surface area is 189 Å². The summed E-state index contributed by atoms with van der Waals surface area (Å²) < 4.78 is 10.7. The highest BCUT2D eigenvalue weighted by molar-refractivity contribution is 5.79. The van der Waals surface area contributed by atoms with Gasteiger partial charge in [-0.25, -0.2) is 4.79 Å². The van der Waals surface area contributed by atoms with E-state index in [0.29, 0.717) is 16.7 Å². The zero-order valence-electron chi connectivity index (χ0n) is 17.6. The first kappa shape index (κ1) is 21.0. The molecule has 0 radical (unpaired) electrons. The normalized spacial score (nSPS) is 14.5. The van der Waals surface area contributed by atoms with Crippen molar-refractivity contribution in [3.8, 4) is 11.1 Å². The number of ether oxygens (including phenoxy) is 1. The zero-order chi connectivity index (χ0) is 22.9. The molecule has 1 aromatic heterocycles. The van der Waals surface area contributed by atoms with E-state index >= 15 is 0 Å². The Morgan fingerprint density at radius 3 is 2.42 bits per heavy atom. The SMILES string of the molecule is Nc1nc2cc(C(O)C(O)CNC(=O)OCC3c4ccccc4-c4ccccc43)ccc2o1. The maximum absolute atomic E-state index is 12.3. The van der Waals surface area contributed by atoms with Crippen molar-refractivity contribution in [1.82, 2.24) is 10.3 Å². The van der Waals surface area contributed by atoms with E-state index in [2.05, 4.69) is 22.4 Å². The molecule has 168 valence electrons. The number of carbonyl (C=O) groups is 1.